The van der Waals surface area contributed by atoms with E-state index in [0.717, 1.165) is 109 Å². The van der Waals surface area contributed by atoms with Gasteiger partial charge in [-0.3, -0.25) is 18.6 Å². The van der Waals surface area contributed by atoms with Crippen molar-refractivity contribution in [1.29, 1.82) is 0 Å². The first kappa shape index (κ1) is 85.2. The van der Waals surface area contributed by atoms with Crippen LogP contribution in [-0.2, 0) is 32.7 Å². The number of esters is 2. The second-order valence-corrected chi connectivity index (χ2v) is 25.5. The maximum Gasteiger partial charge on any atom is 0.472 e. The summed E-state index contributed by atoms with van der Waals surface area (Å²) < 4.78 is 33.2. The zero-order valence-corrected chi connectivity index (χ0v) is 58.3. The summed E-state index contributed by atoms with van der Waals surface area (Å²) in [5.41, 5.74) is 5.41. The highest BCUT2D eigenvalue weighted by molar-refractivity contribution is 7.47. The van der Waals surface area contributed by atoms with Gasteiger partial charge in [0.2, 0.25) is 0 Å². The zero-order valence-electron chi connectivity index (χ0n) is 57.4. The molecule has 0 bridgehead atoms. The summed E-state index contributed by atoms with van der Waals surface area (Å²) >= 11 is 0. The van der Waals surface area contributed by atoms with Gasteiger partial charge in [0.05, 0.1) is 13.2 Å². The fourth-order valence-corrected chi connectivity index (χ4v) is 11.0. The Bertz CT molecular complexity index is 1920. The molecule has 0 saturated carbocycles. The normalized spacial score (nSPS) is 13.7. The topological polar surface area (TPSA) is 134 Å². The Kier molecular flexibility index (Phi) is 70.0. The van der Waals surface area contributed by atoms with Crippen molar-refractivity contribution in [2.75, 3.05) is 26.4 Å². The van der Waals surface area contributed by atoms with Crippen molar-refractivity contribution < 1.29 is 37.6 Å². The van der Waals surface area contributed by atoms with Crippen molar-refractivity contribution in [3.8, 4) is 0 Å². The lowest BCUT2D eigenvalue weighted by atomic mass is 10.0. The summed E-state index contributed by atoms with van der Waals surface area (Å²) in [7, 11) is -4.40. The smallest absolute Gasteiger partial charge is 0.462 e. The van der Waals surface area contributed by atoms with Gasteiger partial charge in [0.15, 0.2) is 6.10 Å². The molecule has 89 heavy (non-hydrogen) atoms. The van der Waals surface area contributed by atoms with Gasteiger partial charge in [-0.25, -0.2) is 4.57 Å². The fourth-order valence-electron chi connectivity index (χ4n) is 10.2. The lowest BCUT2D eigenvalue weighted by Crippen LogP contribution is -2.29. The Morgan fingerprint density at radius 1 is 0.337 bits per heavy atom. The first-order valence-corrected chi connectivity index (χ1v) is 38.2. The molecule has 0 aromatic carbocycles. The molecule has 0 amide bonds. The van der Waals surface area contributed by atoms with Gasteiger partial charge >= 0.3 is 19.8 Å². The minimum Gasteiger partial charge on any atom is -0.462 e. The minimum absolute atomic E-state index is 0.0497. The molecule has 0 spiro atoms. The first-order chi connectivity index (χ1) is 43.8. The number of unbranched alkanes of at least 4 members (excludes halogenated alkanes) is 33. The van der Waals surface area contributed by atoms with E-state index >= 15 is 0 Å². The van der Waals surface area contributed by atoms with Gasteiger partial charge in [-0.2, -0.15) is 0 Å². The molecule has 3 N–H and O–H groups in total. The summed E-state index contributed by atoms with van der Waals surface area (Å²) in [4.78, 5) is 35.4. The third-order valence-electron chi connectivity index (χ3n) is 15.5. The maximum atomic E-state index is 12.8. The lowest BCUT2D eigenvalue weighted by molar-refractivity contribution is -0.161. The van der Waals surface area contributed by atoms with Gasteiger partial charge < -0.3 is 20.1 Å². The predicted molar refractivity (Wildman–Crippen MR) is 385 cm³/mol. The summed E-state index contributed by atoms with van der Waals surface area (Å²) in [6, 6.07) is 0. The molecule has 510 valence electrons. The third kappa shape index (κ3) is 73.1. The highest BCUT2D eigenvalue weighted by Crippen LogP contribution is 2.43. The number of phosphoric acid groups is 1. The van der Waals surface area contributed by atoms with E-state index in [1.54, 1.807) is 0 Å². The van der Waals surface area contributed by atoms with Crippen LogP contribution in [0.2, 0.25) is 0 Å². The molecule has 0 rings (SSSR count). The molecule has 0 radical (unpaired) electrons. The van der Waals surface area contributed by atoms with Gasteiger partial charge in [-0.05, 0) is 109 Å². The highest BCUT2D eigenvalue weighted by atomic mass is 31.2. The predicted octanol–water partition coefficient (Wildman–Crippen LogP) is 24.4. The first-order valence-electron chi connectivity index (χ1n) is 36.7. The van der Waals surface area contributed by atoms with Crippen LogP contribution in [0, 0.1) is 0 Å². The highest BCUT2D eigenvalue weighted by Gasteiger charge is 2.26. The van der Waals surface area contributed by atoms with Crippen LogP contribution in [0.4, 0.5) is 0 Å². The molecule has 0 aromatic rings. The standard InChI is InChI=1S/C79H136NO8P/c1-3-5-7-9-11-13-15-17-19-21-23-25-27-29-31-32-33-34-35-36-37-38-39-40-41-42-43-44-46-48-50-52-54-56-58-60-62-64-66-68-70-72-79(82)88-77(76-87-89(83,84)86-74-73-80)75-85-78(81)71-69-67-65-63-61-59-57-55-53-51-49-47-45-30-28-26-24-22-20-18-16-14-12-10-8-6-4-2/h5-8,11-14,17-20,23-26,29-31,33-34,45,77H,3-4,9-10,15-16,21-22,27-28,32,35-44,46-76,80H2,1-2H3,(H,83,84)/b7-5-,8-6-,13-11-,14-12-,19-17-,20-18-,25-23-,26-24-,31-29-,34-33-,45-30-. The number of carbonyl (C=O) groups excluding carboxylic acids is 2. The monoisotopic (exact) mass is 1260 g/mol. The molecular formula is C79H136NO8P. The maximum absolute atomic E-state index is 12.8. The van der Waals surface area contributed by atoms with Crippen molar-refractivity contribution >= 4 is 19.8 Å². The van der Waals surface area contributed by atoms with Crippen molar-refractivity contribution in [2.45, 2.75) is 328 Å². The molecular weight excluding hydrogens is 1120 g/mol. The van der Waals surface area contributed by atoms with Crippen LogP contribution in [-0.4, -0.2) is 49.3 Å². The van der Waals surface area contributed by atoms with E-state index in [4.69, 9.17) is 24.3 Å². The molecule has 0 fully saturated rings. The molecule has 0 heterocycles. The van der Waals surface area contributed by atoms with Gasteiger partial charge in [-0.15, -0.1) is 0 Å². The molecule has 2 atom stereocenters. The van der Waals surface area contributed by atoms with E-state index in [-0.39, 0.29) is 38.6 Å². The summed E-state index contributed by atoms with van der Waals surface area (Å²) in [6.45, 7) is 3.54. The summed E-state index contributed by atoms with van der Waals surface area (Å²) in [5.74, 6) is -0.824. The van der Waals surface area contributed by atoms with E-state index in [9.17, 15) is 19.0 Å². The van der Waals surface area contributed by atoms with Crippen molar-refractivity contribution in [1.82, 2.24) is 0 Å². The van der Waals surface area contributed by atoms with Gasteiger partial charge in [0.1, 0.15) is 6.61 Å². The number of carbonyl (C=O) groups is 2. The van der Waals surface area contributed by atoms with Crippen LogP contribution >= 0.6 is 7.82 Å². The van der Waals surface area contributed by atoms with Crippen molar-refractivity contribution in [3.05, 3.63) is 134 Å². The number of hydrogen-bond acceptors (Lipinski definition) is 8. The number of rotatable bonds is 68. The fraction of sp³-hybridized carbons (Fsp3) is 0.696. The molecule has 0 aromatic heterocycles. The average molecular weight is 1260 g/mol. The van der Waals surface area contributed by atoms with Crippen LogP contribution in [0.1, 0.15) is 322 Å². The van der Waals surface area contributed by atoms with E-state index < -0.39 is 26.5 Å². The van der Waals surface area contributed by atoms with Crippen molar-refractivity contribution in [2.24, 2.45) is 5.73 Å². The Balaban J connectivity index is 3.83. The molecule has 0 aliphatic carbocycles. The third-order valence-corrected chi connectivity index (χ3v) is 16.5. The SMILES string of the molecule is CC/C=C\C/C=C\C/C=C\C/C=C\C/C=C\C/C=C\CCCCCCCCCCCCCCCCCCCCCCCCC(=O)OC(COC(=O)CCCCCCCCCCCCC/C=C\C/C=C\C/C=C\C/C=C\C/C=C\CC)COP(=O)(O)OCCN. The van der Waals surface area contributed by atoms with Crippen LogP contribution in [0.5, 0.6) is 0 Å². The van der Waals surface area contributed by atoms with Crippen LogP contribution in [0.3, 0.4) is 0 Å². The molecule has 0 aliphatic rings. The Morgan fingerprint density at radius 3 is 0.865 bits per heavy atom. The molecule has 2 unspecified atom stereocenters. The molecule has 9 nitrogen and oxygen atoms in total. The molecule has 0 saturated heterocycles. The summed E-state index contributed by atoms with van der Waals surface area (Å²) in [6.07, 6.45) is 104. The average Bonchev–Trinajstić information content (AvgIpc) is 3.58. The van der Waals surface area contributed by atoms with Crippen LogP contribution in [0.25, 0.3) is 0 Å². The number of phosphoric ester groups is 1. The van der Waals surface area contributed by atoms with Crippen molar-refractivity contribution in [3.63, 3.8) is 0 Å². The van der Waals surface area contributed by atoms with Gasteiger partial charge in [0, 0.05) is 19.4 Å². The number of nitrogens with two attached hydrogens (primary N) is 1. The van der Waals surface area contributed by atoms with E-state index in [1.807, 2.05) is 0 Å². The van der Waals surface area contributed by atoms with Gasteiger partial charge in [0.25, 0.3) is 0 Å². The lowest BCUT2D eigenvalue weighted by Gasteiger charge is -2.19. The largest absolute Gasteiger partial charge is 0.472 e. The minimum atomic E-state index is -4.40. The quantitative estimate of drug-likeness (QED) is 0.0264. The zero-order chi connectivity index (χ0) is 64.4. The summed E-state index contributed by atoms with van der Waals surface area (Å²) in [5, 5.41) is 0. The van der Waals surface area contributed by atoms with Crippen LogP contribution in [0.15, 0.2) is 134 Å². The Hall–Kier alpha value is -3.85. The van der Waals surface area contributed by atoms with E-state index in [0.29, 0.717) is 6.42 Å². The van der Waals surface area contributed by atoms with E-state index in [2.05, 4.69) is 148 Å². The number of hydrogen-bond donors (Lipinski definition) is 2. The second kappa shape index (κ2) is 73.2. The number of ether oxygens (including phenoxy) is 2. The van der Waals surface area contributed by atoms with Crippen LogP contribution < -0.4 is 5.73 Å². The molecule has 10 heteroatoms. The molecule has 0 aliphatic heterocycles. The Morgan fingerprint density at radius 2 is 0.584 bits per heavy atom. The second-order valence-electron chi connectivity index (χ2n) is 24.0. The van der Waals surface area contributed by atoms with Gasteiger partial charge in [-0.1, -0.05) is 334 Å². The van der Waals surface area contributed by atoms with E-state index in [1.165, 1.54) is 180 Å². The number of allylic oxidation sites excluding steroid dienone is 22. The Labute approximate surface area is 548 Å².